The highest BCUT2D eigenvalue weighted by Gasteiger charge is 2.06. The minimum absolute atomic E-state index is 0.0428. The fourth-order valence-electron chi connectivity index (χ4n) is 1.60. The fourth-order valence-corrected chi connectivity index (χ4v) is 1.96. The van der Waals surface area contributed by atoms with E-state index in [0.717, 1.165) is 6.42 Å². The van der Waals surface area contributed by atoms with Crippen LogP contribution in [0.15, 0.2) is 48.8 Å². The molecule has 1 heterocycles. The Balaban J connectivity index is 2.09. The van der Waals surface area contributed by atoms with Crippen molar-refractivity contribution in [3.05, 3.63) is 63.5 Å². The van der Waals surface area contributed by atoms with Crippen molar-refractivity contribution >= 4 is 22.6 Å². The van der Waals surface area contributed by atoms with Crippen LogP contribution in [-0.2, 0) is 6.42 Å². The molecule has 0 aliphatic heterocycles. The summed E-state index contributed by atoms with van der Waals surface area (Å²) in [6.45, 7) is 0. The van der Waals surface area contributed by atoms with Crippen LogP contribution in [0.25, 0.3) is 0 Å². The Labute approximate surface area is 109 Å². The molecule has 2 rings (SSSR count). The fraction of sp³-hybridized carbons (Fsp3) is 0.154. The van der Waals surface area contributed by atoms with E-state index in [1.807, 2.05) is 12.3 Å². The number of benzene rings is 1. The minimum atomic E-state index is 0.0428. The normalized spacial score (nSPS) is 12.4. The number of hydrogen-bond donors (Lipinski definition) is 1. The number of aromatic nitrogens is 1. The summed E-state index contributed by atoms with van der Waals surface area (Å²) in [5.74, 6) is 0. The first-order chi connectivity index (χ1) is 7.75. The molecule has 1 atom stereocenters. The molecule has 0 spiro atoms. The topological polar surface area (TPSA) is 38.9 Å². The van der Waals surface area contributed by atoms with Gasteiger partial charge in [-0.3, -0.25) is 4.98 Å². The Bertz CT molecular complexity index is 439. The van der Waals surface area contributed by atoms with Crippen LogP contribution in [-0.4, -0.2) is 4.98 Å². The van der Waals surface area contributed by atoms with Gasteiger partial charge in [0.05, 0.1) is 0 Å². The zero-order valence-electron chi connectivity index (χ0n) is 8.81. The molecule has 3 heteroatoms. The van der Waals surface area contributed by atoms with Crippen LogP contribution in [0.4, 0.5) is 0 Å². The molecule has 0 aliphatic rings. The van der Waals surface area contributed by atoms with Gasteiger partial charge >= 0.3 is 0 Å². The molecule has 0 aliphatic carbocycles. The van der Waals surface area contributed by atoms with Gasteiger partial charge in [-0.15, -0.1) is 0 Å². The van der Waals surface area contributed by atoms with Crippen molar-refractivity contribution in [1.82, 2.24) is 4.98 Å². The van der Waals surface area contributed by atoms with Crippen LogP contribution in [0.2, 0.25) is 0 Å². The average molecular weight is 324 g/mol. The number of nitrogens with two attached hydrogens (primary N) is 1. The molecule has 82 valence electrons. The summed E-state index contributed by atoms with van der Waals surface area (Å²) in [7, 11) is 0. The van der Waals surface area contributed by atoms with Gasteiger partial charge in [-0.1, -0.05) is 18.2 Å². The van der Waals surface area contributed by atoms with Crippen LogP contribution >= 0.6 is 22.6 Å². The van der Waals surface area contributed by atoms with E-state index < -0.39 is 0 Å². The molecule has 0 saturated heterocycles. The summed E-state index contributed by atoms with van der Waals surface area (Å²) in [6.07, 6.45) is 4.47. The Morgan fingerprint density at radius 3 is 2.56 bits per heavy atom. The first-order valence-electron chi connectivity index (χ1n) is 5.15. The maximum absolute atomic E-state index is 6.15. The van der Waals surface area contributed by atoms with Crippen molar-refractivity contribution in [2.45, 2.75) is 12.5 Å². The van der Waals surface area contributed by atoms with E-state index in [9.17, 15) is 0 Å². The highest BCUT2D eigenvalue weighted by Crippen LogP contribution is 2.16. The molecular weight excluding hydrogens is 311 g/mol. The van der Waals surface area contributed by atoms with E-state index >= 15 is 0 Å². The highest BCUT2D eigenvalue weighted by atomic mass is 127. The zero-order chi connectivity index (χ0) is 11.4. The third kappa shape index (κ3) is 3.02. The van der Waals surface area contributed by atoms with Crippen molar-refractivity contribution < 1.29 is 0 Å². The smallest absolute Gasteiger partial charge is 0.0336 e. The van der Waals surface area contributed by atoms with E-state index in [-0.39, 0.29) is 6.04 Å². The lowest BCUT2D eigenvalue weighted by atomic mass is 10.0. The van der Waals surface area contributed by atoms with Crippen molar-refractivity contribution in [2.24, 2.45) is 5.73 Å². The van der Waals surface area contributed by atoms with Crippen LogP contribution in [0.3, 0.4) is 0 Å². The van der Waals surface area contributed by atoms with Gasteiger partial charge in [0.25, 0.3) is 0 Å². The third-order valence-electron chi connectivity index (χ3n) is 2.48. The van der Waals surface area contributed by atoms with Gasteiger partial charge in [0.15, 0.2) is 0 Å². The summed E-state index contributed by atoms with van der Waals surface area (Å²) in [4.78, 5) is 4.09. The monoisotopic (exact) mass is 324 g/mol. The number of halogens is 1. The minimum Gasteiger partial charge on any atom is -0.324 e. The lowest BCUT2D eigenvalue weighted by Gasteiger charge is -2.11. The molecule has 1 aromatic heterocycles. The first kappa shape index (κ1) is 11.5. The lowest BCUT2D eigenvalue weighted by Crippen LogP contribution is -2.13. The first-order valence-corrected chi connectivity index (χ1v) is 6.23. The summed E-state index contributed by atoms with van der Waals surface area (Å²) in [5.41, 5.74) is 8.49. The second-order valence-corrected chi connectivity index (χ2v) is 4.97. The van der Waals surface area contributed by atoms with Crippen molar-refractivity contribution in [3.8, 4) is 0 Å². The van der Waals surface area contributed by atoms with E-state index in [2.05, 4.69) is 57.9 Å². The number of hydrogen-bond acceptors (Lipinski definition) is 2. The molecule has 2 nitrogen and oxygen atoms in total. The standard InChI is InChI=1S/C13H13IN2/c14-12-5-3-11(4-6-12)13(15)8-10-2-1-7-16-9-10/h1-7,9,13H,8,15H2. The van der Waals surface area contributed by atoms with Gasteiger partial charge in [0.2, 0.25) is 0 Å². The predicted molar refractivity (Wildman–Crippen MR) is 74.0 cm³/mol. The Kier molecular flexibility index (Phi) is 3.90. The quantitative estimate of drug-likeness (QED) is 0.882. The summed E-state index contributed by atoms with van der Waals surface area (Å²) in [6, 6.07) is 12.4. The summed E-state index contributed by atoms with van der Waals surface area (Å²) in [5, 5.41) is 0. The van der Waals surface area contributed by atoms with Gasteiger partial charge in [0.1, 0.15) is 0 Å². The summed E-state index contributed by atoms with van der Waals surface area (Å²) >= 11 is 2.29. The van der Waals surface area contributed by atoms with Crippen molar-refractivity contribution in [2.75, 3.05) is 0 Å². The molecule has 2 aromatic rings. The Morgan fingerprint density at radius 2 is 1.94 bits per heavy atom. The van der Waals surface area contributed by atoms with Gasteiger partial charge in [0, 0.05) is 22.0 Å². The molecule has 1 aromatic carbocycles. The van der Waals surface area contributed by atoms with Crippen LogP contribution < -0.4 is 5.73 Å². The maximum atomic E-state index is 6.15. The maximum Gasteiger partial charge on any atom is 0.0336 e. The zero-order valence-corrected chi connectivity index (χ0v) is 11.0. The van der Waals surface area contributed by atoms with Crippen LogP contribution in [0.1, 0.15) is 17.2 Å². The SMILES string of the molecule is NC(Cc1cccnc1)c1ccc(I)cc1. The molecular formula is C13H13IN2. The van der Waals surface area contributed by atoms with E-state index in [1.165, 1.54) is 14.7 Å². The van der Waals surface area contributed by atoms with E-state index in [0.29, 0.717) is 0 Å². The number of nitrogens with zero attached hydrogens (tertiary/aromatic N) is 1. The van der Waals surface area contributed by atoms with Crippen molar-refractivity contribution in [1.29, 1.82) is 0 Å². The molecule has 0 saturated carbocycles. The highest BCUT2D eigenvalue weighted by molar-refractivity contribution is 14.1. The van der Waals surface area contributed by atoms with E-state index in [1.54, 1.807) is 6.20 Å². The lowest BCUT2D eigenvalue weighted by molar-refractivity contribution is 0.719. The molecule has 0 amide bonds. The number of pyridine rings is 1. The van der Waals surface area contributed by atoms with E-state index in [4.69, 9.17) is 5.73 Å². The second-order valence-electron chi connectivity index (χ2n) is 3.72. The predicted octanol–water partition coefficient (Wildman–Crippen LogP) is 2.93. The second kappa shape index (κ2) is 5.41. The largest absolute Gasteiger partial charge is 0.324 e. The van der Waals surface area contributed by atoms with Crippen LogP contribution in [0.5, 0.6) is 0 Å². The van der Waals surface area contributed by atoms with Crippen LogP contribution in [0, 0.1) is 3.57 Å². The van der Waals surface area contributed by atoms with Gasteiger partial charge in [-0.25, -0.2) is 0 Å². The van der Waals surface area contributed by atoms with Gasteiger partial charge in [-0.2, -0.15) is 0 Å². The summed E-state index contributed by atoms with van der Waals surface area (Å²) < 4.78 is 1.23. The molecule has 2 N–H and O–H groups in total. The van der Waals surface area contributed by atoms with Gasteiger partial charge < -0.3 is 5.73 Å². The number of rotatable bonds is 3. The molecule has 0 radical (unpaired) electrons. The molecule has 1 unspecified atom stereocenters. The molecule has 16 heavy (non-hydrogen) atoms. The third-order valence-corrected chi connectivity index (χ3v) is 3.20. The van der Waals surface area contributed by atoms with Crippen molar-refractivity contribution in [3.63, 3.8) is 0 Å². The average Bonchev–Trinajstić information content (AvgIpc) is 2.31. The molecule has 0 fully saturated rings. The van der Waals surface area contributed by atoms with Gasteiger partial charge in [-0.05, 0) is 58.3 Å². The Morgan fingerprint density at radius 1 is 1.19 bits per heavy atom. The molecule has 0 bridgehead atoms. The Hall–Kier alpha value is -0.940.